The quantitative estimate of drug-likeness (QED) is 0.599. The number of esters is 1. The lowest BCUT2D eigenvalue weighted by Crippen LogP contribution is -2.43. The fourth-order valence-corrected chi connectivity index (χ4v) is 2.83. The van der Waals surface area contributed by atoms with Crippen LogP contribution >= 0.6 is 11.6 Å². The van der Waals surface area contributed by atoms with E-state index in [9.17, 15) is 9.59 Å². The van der Waals surface area contributed by atoms with Gasteiger partial charge >= 0.3 is 12.1 Å². The Morgan fingerprint density at radius 1 is 0.967 bits per heavy atom. The zero-order chi connectivity index (χ0) is 22.3. The third kappa shape index (κ3) is 7.26. The monoisotopic (exact) mass is 433 g/mol. The van der Waals surface area contributed by atoms with Crippen LogP contribution in [0.3, 0.4) is 0 Å². The zero-order valence-electron chi connectivity index (χ0n) is 17.8. The van der Waals surface area contributed by atoms with Crippen molar-refractivity contribution in [3.05, 3.63) is 65.2 Å². The topological polar surface area (TPSA) is 73.9 Å². The van der Waals surface area contributed by atoms with Gasteiger partial charge in [-0.05, 0) is 52.3 Å². The number of para-hydroxylation sites is 1. The van der Waals surface area contributed by atoms with Gasteiger partial charge in [-0.1, -0.05) is 54.1 Å². The molecule has 2 aromatic rings. The minimum Gasteiger partial charge on any atom is -0.480 e. The summed E-state index contributed by atoms with van der Waals surface area (Å²) in [7, 11) is 0. The maximum atomic E-state index is 12.5. The van der Waals surface area contributed by atoms with Crippen LogP contribution in [0.15, 0.2) is 54.6 Å². The first-order valence-electron chi connectivity index (χ1n) is 9.73. The van der Waals surface area contributed by atoms with Crippen molar-refractivity contribution in [3.63, 3.8) is 0 Å². The maximum Gasteiger partial charge on any atom is 0.408 e. The standard InChI is InChI=1S/C23H28ClNO5/c1-15(25-22(27)30-23(3,4)5)21(26)28-16(2)20(17-11-7-6-8-12-17)29-19-14-10-9-13-18(19)24/h6-16,20H,1-5H3,(H,25,27)/t15-,16-,20-/m0/s1. The predicted octanol–water partition coefficient (Wildman–Crippen LogP) is 5.31. The molecule has 0 aliphatic heterocycles. The number of hydrogen-bond acceptors (Lipinski definition) is 5. The van der Waals surface area contributed by atoms with E-state index in [2.05, 4.69) is 5.32 Å². The number of amides is 1. The van der Waals surface area contributed by atoms with Gasteiger partial charge in [0.05, 0.1) is 5.02 Å². The molecule has 0 saturated heterocycles. The number of ether oxygens (including phenoxy) is 3. The Bertz CT molecular complexity index is 850. The summed E-state index contributed by atoms with van der Waals surface area (Å²) in [4.78, 5) is 24.4. The Morgan fingerprint density at radius 3 is 2.17 bits per heavy atom. The Kier molecular flexibility index (Phi) is 8.12. The van der Waals surface area contributed by atoms with Crippen LogP contribution in [0, 0.1) is 0 Å². The van der Waals surface area contributed by atoms with E-state index in [1.54, 1.807) is 45.9 Å². The number of nitrogens with one attached hydrogen (secondary N) is 1. The molecule has 2 aromatic carbocycles. The molecule has 0 unspecified atom stereocenters. The summed E-state index contributed by atoms with van der Waals surface area (Å²) >= 11 is 6.23. The number of hydrogen-bond donors (Lipinski definition) is 1. The largest absolute Gasteiger partial charge is 0.480 e. The number of halogens is 1. The predicted molar refractivity (Wildman–Crippen MR) is 116 cm³/mol. The van der Waals surface area contributed by atoms with Gasteiger partial charge in [0, 0.05) is 0 Å². The molecule has 7 heteroatoms. The van der Waals surface area contributed by atoms with Gasteiger partial charge < -0.3 is 19.5 Å². The molecule has 162 valence electrons. The van der Waals surface area contributed by atoms with E-state index in [-0.39, 0.29) is 0 Å². The summed E-state index contributed by atoms with van der Waals surface area (Å²) < 4.78 is 16.9. The van der Waals surface area contributed by atoms with Crippen LogP contribution < -0.4 is 10.1 Å². The third-order valence-electron chi connectivity index (χ3n) is 4.03. The van der Waals surface area contributed by atoms with E-state index in [0.717, 1.165) is 5.56 Å². The molecule has 6 nitrogen and oxygen atoms in total. The van der Waals surface area contributed by atoms with E-state index in [4.69, 9.17) is 25.8 Å². The minimum absolute atomic E-state index is 0.455. The Morgan fingerprint density at radius 2 is 1.57 bits per heavy atom. The summed E-state index contributed by atoms with van der Waals surface area (Å²) in [5.41, 5.74) is 0.160. The van der Waals surface area contributed by atoms with Gasteiger partial charge in [0.15, 0.2) is 6.10 Å². The molecule has 1 N–H and O–H groups in total. The molecule has 3 atom stereocenters. The molecule has 0 spiro atoms. The summed E-state index contributed by atoms with van der Waals surface area (Å²) in [6.07, 6.45) is -1.94. The van der Waals surface area contributed by atoms with Gasteiger partial charge in [0.1, 0.15) is 23.5 Å². The van der Waals surface area contributed by atoms with Crippen molar-refractivity contribution in [1.29, 1.82) is 0 Å². The normalized spacial score (nSPS) is 14.2. The Labute approximate surface area is 182 Å². The van der Waals surface area contributed by atoms with E-state index in [1.807, 2.05) is 36.4 Å². The number of alkyl carbamates (subject to hydrolysis) is 1. The molecule has 1 amide bonds. The summed E-state index contributed by atoms with van der Waals surface area (Å²) in [5, 5.41) is 2.94. The van der Waals surface area contributed by atoms with Crippen LogP contribution in [0.4, 0.5) is 4.79 Å². The van der Waals surface area contributed by atoms with Crippen LogP contribution in [-0.2, 0) is 14.3 Å². The van der Waals surface area contributed by atoms with Crippen molar-refractivity contribution < 1.29 is 23.8 Å². The average Bonchev–Trinajstić information content (AvgIpc) is 2.66. The van der Waals surface area contributed by atoms with E-state index in [1.165, 1.54) is 6.92 Å². The van der Waals surface area contributed by atoms with Crippen molar-refractivity contribution in [3.8, 4) is 5.75 Å². The molecule has 0 radical (unpaired) electrons. The Hall–Kier alpha value is -2.73. The lowest BCUT2D eigenvalue weighted by molar-refractivity contribution is -0.155. The zero-order valence-corrected chi connectivity index (χ0v) is 18.6. The SMILES string of the molecule is C[C@H](NC(=O)OC(C)(C)C)C(=O)O[C@@H](C)[C@H](Oc1ccccc1Cl)c1ccccc1. The molecule has 0 heterocycles. The van der Waals surface area contributed by atoms with Gasteiger partial charge in [0.25, 0.3) is 0 Å². The summed E-state index contributed by atoms with van der Waals surface area (Å²) in [5.74, 6) is -0.118. The van der Waals surface area contributed by atoms with Gasteiger partial charge in [-0.15, -0.1) is 0 Å². The van der Waals surface area contributed by atoms with E-state index >= 15 is 0 Å². The van der Waals surface area contributed by atoms with Gasteiger partial charge in [-0.2, -0.15) is 0 Å². The van der Waals surface area contributed by atoms with Crippen molar-refractivity contribution in [2.24, 2.45) is 0 Å². The summed E-state index contributed by atoms with van der Waals surface area (Å²) in [6.45, 7) is 8.49. The Balaban J connectivity index is 2.10. The van der Waals surface area contributed by atoms with Crippen LogP contribution in [0.5, 0.6) is 5.75 Å². The number of carbonyl (C=O) groups is 2. The molecule has 2 rings (SSSR count). The van der Waals surface area contributed by atoms with Crippen LogP contribution in [0.2, 0.25) is 5.02 Å². The average molecular weight is 434 g/mol. The molecule has 0 aromatic heterocycles. The molecule has 0 bridgehead atoms. The molecule has 0 saturated carbocycles. The van der Waals surface area contributed by atoms with Gasteiger partial charge in [-0.3, -0.25) is 0 Å². The van der Waals surface area contributed by atoms with Crippen LogP contribution in [0.25, 0.3) is 0 Å². The number of carbonyl (C=O) groups excluding carboxylic acids is 2. The summed E-state index contributed by atoms with van der Waals surface area (Å²) in [6, 6.07) is 15.6. The van der Waals surface area contributed by atoms with Crippen molar-refractivity contribution in [2.45, 2.75) is 58.5 Å². The smallest absolute Gasteiger partial charge is 0.408 e. The second-order valence-electron chi connectivity index (χ2n) is 7.89. The van der Waals surface area contributed by atoms with Crippen molar-refractivity contribution in [2.75, 3.05) is 0 Å². The second-order valence-corrected chi connectivity index (χ2v) is 8.30. The third-order valence-corrected chi connectivity index (χ3v) is 4.35. The first-order valence-corrected chi connectivity index (χ1v) is 10.1. The maximum absolute atomic E-state index is 12.5. The van der Waals surface area contributed by atoms with E-state index < -0.39 is 35.9 Å². The molecule has 0 fully saturated rings. The van der Waals surface area contributed by atoms with Crippen LogP contribution in [-0.4, -0.2) is 29.8 Å². The van der Waals surface area contributed by atoms with Gasteiger partial charge in [0.2, 0.25) is 0 Å². The van der Waals surface area contributed by atoms with Crippen molar-refractivity contribution in [1.82, 2.24) is 5.32 Å². The molecular formula is C23H28ClNO5. The first kappa shape index (κ1) is 23.5. The van der Waals surface area contributed by atoms with Crippen LogP contribution in [0.1, 0.15) is 46.3 Å². The highest BCUT2D eigenvalue weighted by molar-refractivity contribution is 6.32. The molecular weight excluding hydrogens is 406 g/mol. The molecule has 0 aliphatic rings. The van der Waals surface area contributed by atoms with E-state index in [0.29, 0.717) is 10.8 Å². The number of benzene rings is 2. The fraction of sp³-hybridized carbons (Fsp3) is 0.391. The van der Waals surface area contributed by atoms with Gasteiger partial charge in [-0.25, -0.2) is 9.59 Å². The lowest BCUT2D eigenvalue weighted by atomic mass is 10.0. The second kappa shape index (κ2) is 10.3. The number of rotatable bonds is 7. The fourth-order valence-electron chi connectivity index (χ4n) is 2.65. The first-order chi connectivity index (χ1) is 14.1. The molecule has 0 aliphatic carbocycles. The van der Waals surface area contributed by atoms with Crippen molar-refractivity contribution >= 4 is 23.7 Å². The molecule has 30 heavy (non-hydrogen) atoms. The highest BCUT2D eigenvalue weighted by atomic mass is 35.5. The highest BCUT2D eigenvalue weighted by Crippen LogP contribution is 2.31. The lowest BCUT2D eigenvalue weighted by Gasteiger charge is -2.27. The highest BCUT2D eigenvalue weighted by Gasteiger charge is 2.29. The minimum atomic E-state index is -0.890.